The van der Waals surface area contributed by atoms with Crippen LogP contribution in [0.1, 0.15) is 19.2 Å². The molecule has 25 heavy (non-hydrogen) atoms. The summed E-state index contributed by atoms with van der Waals surface area (Å²) in [5.74, 6) is 1.01. The van der Waals surface area contributed by atoms with E-state index in [1.807, 2.05) is 30.3 Å². The number of hydrogen-bond acceptors (Lipinski definition) is 5. The first-order valence-corrected chi connectivity index (χ1v) is 8.17. The van der Waals surface area contributed by atoms with Crippen LogP contribution in [-0.4, -0.2) is 22.7 Å². The van der Waals surface area contributed by atoms with Crippen molar-refractivity contribution in [1.29, 1.82) is 0 Å². The number of oxazole rings is 1. The van der Waals surface area contributed by atoms with Gasteiger partial charge in [0.25, 0.3) is 0 Å². The number of esters is 1. The summed E-state index contributed by atoms with van der Waals surface area (Å²) in [4.78, 5) is 16.1. The maximum atomic E-state index is 11.6. The Morgan fingerprint density at radius 2 is 1.80 bits per heavy atom. The van der Waals surface area contributed by atoms with E-state index >= 15 is 0 Å². The van der Waals surface area contributed by atoms with E-state index in [0.717, 1.165) is 11.1 Å². The zero-order chi connectivity index (χ0) is 17.6. The molecule has 3 aromatic rings. The Balaban J connectivity index is 1.94. The summed E-state index contributed by atoms with van der Waals surface area (Å²) >= 11 is 0. The van der Waals surface area contributed by atoms with E-state index in [-0.39, 0.29) is 18.1 Å². The largest absolute Gasteiger partial charge is 0.508 e. The molecule has 1 aromatic heterocycles. The van der Waals surface area contributed by atoms with Gasteiger partial charge in [-0.3, -0.25) is 4.79 Å². The second-order valence-electron chi connectivity index (χ2n) is 5.50. The quantitative estimate of drug-likeness (QED) is 0.682. The van der Waals surface area contributed by atoms with Crippen LogP contribution in [0, 0.1) is 0 Å². The van der Waals surface area contributed by atoms with E-state index in [4.69, 9.17) is 9.15 Å². The predicted octanol–water partition coefficient (Wildman–Crippen LogP) is 4.21. The van der Waals surface area contributed by atoms with Crippen LogP contribution in [0.15, 0.2) is 59.0 Å². The molecule has 0 bridgehead atoms. The molecular weight excluding hydrogens is 318 g/mol. The normalized spacial score (nSPS) is 10.6. The lowest BCUT2D eigenvalue weighted by molar-refractivity contribution is -0.143. The lowest BCUT2D eigenvalue weighted by Crippen LogP contribution is -2.05. The van der Waals surface area contributed by atoms with Gasteiger partial charge in [0, 0.05) is 17.5 Å². The number of nitrogens with zero attached hydrogens (tertiary/aromatic N) is 1. The zero-order valence-corrected chi connectivity index (χ0v) is 13.9. The highest BCUT2D eigenvalue weighted by atomic mass is 16.5. The third-order valence-corrected chi connectivity index (χ3v) is 3.70. The molecule has 0 spiro atoms. The first-order chi connectivity index (χ1) is 12.2. The number of phenolic OH excluding ortho intramolecular Hbond substituents is 1. The fourth-order valence-corrected chi connectivity index (χ4v) is 2.51. The number of aromatic hydroxyl groups is 1. The maximum Gasteiger partial charge on any atom is 0.306 e. The minimum absolute atomic E-state index is 0.187. The van der Waals surface area contributed by atoms with Crippen LogP contribution >= 0.6 is 0 Å². The number of hydrogen-bond donors (Lipinski definition) is 1. The van der Waals surface area contributed by atoms with Crippen LogP contribution in [0.25, 0.3) is 22.6 Å². The highest BCUT2D eigenvalue weighted by Crippen LogP contribution is 2.33. The molecule has 1 N–H and O–H groups in total. The molecule has 3 rings (SSSR count). The highest BCUT2D eigenvalue weighted by molar-refractivity contribution is 5.77. The first-order valence-electron chi connectivity index (χ1n) is 8.17. The minimum atomic E-state index is -0.270. The Morgan fingerprint density at radius 1 is 1.08 bits per heavy atom. The predicted molar refractivity (Wildman–Crippen MR) is 94.0 cm³/mol. The highest BCUT2D eigenvalue weighted by Gasteiger charge is 2.17. The van der Waals surface area contributed by atoms with Gasteiger partial charge in [-0.1, -0.05) is 30.3 Å². The van der Waals surface area contributed by atoms with Crippen molar-refractivity contribution >= 4 is 5.97 Å². The van der Waals surface area contributed by atoms with Crippen molar-refractivity contribution in [2.24, 2.45) is 0 Å². The Bertz CT molecular complexity index is 838. The maximum absolute atomic E-state index is 11.6. The molecule has 0 aliphatic carbocycles. The SMILES string of the molecule is CCOC(=O)CCc1nc(-c2ccccc2)c(-c2ccc(O)cc2)o1. The average molecular weight is 337 g/mol. The molecule has 0 aliphatic rings. The zero-order valence-electron chi connectivity index (χ0n) is 13.9. The number of carbonyl (C=O) groups is 1. The molecule has 2 aromatic carbocycles. The monoisotopic (exact) mass is 337 g/mol. The molecule has 128 valence electrons. The second-order valence-corrected chi connectivity index (χ2v) is 5.50. The summed E-state index contributed by atoms with van der Waals surface area (Å²) < 4.78 is 10.9. The van der Waals surface area contributed by atoms with Crippen LogP contribution in [0.4, 0.5) is 0 Å². The third kappa shape index (κ3) is 4.07. The van der Waals surface area contributed by atoms with Crippen molar-refractivity contribution in [2.75, 3.05) is 6.61 Å². The third-order valence-electron chi connectivity index (χ3n) is 3.70. The lowest BCUT2D eigenvalue weighted by Gasteiger charge is -2.01. The van der Waals surface area contributed by atoms with Crippen LogP contribution in [0.3, 0.4) is 0 Å². The summed E-state index contributed by atoms with van der Waals surface area (Å²) in [7, 11) is 0. The van der Waals surface area contributed by atoms with Gasteiger partial charge in [0.2, 0.25) is 0 Å². The van der Waals surface area contributed by atoms with Crippen molar-refractivity contribution in [3.63, 3.8) is 0 Å². The molecule has 0 aliphatic heterocycles. The van der Waals surface area contributed by atoms with Gasteiger partial charge in [0.05, 0.1) is 13.0 Å². The van der Waals surface area contributed by atoms with Crippen molar-refractivity contribution in [1.82, 2.24) is 4.98 Å². The summed E-state index contributed by atoms with van der Waals surface area (Å²) in [6.45, 7) is 2.14. The minimum Gasteiger partial charge on any atom is -0.508 e. The van der Waals surface area contributed by atoms with E-state index in [9.17, 15) is 9.90 Å². The Labute approximate surface area is 145 Å². The molecule has 0 radical (unpaired) electrons. The summed E-state index contributed by atoms with van der Waals surface area (Å²) in [6.07, 6.45) is 0.592. The van der Waals surface area contributed by atoms with Crippen LogP contribution in [0.5, 0.6) is 5.75 Å². The molecule has 0 fully saturated rings. The lowest BCUT2D eigenvalue weighted by atomic mass is 10.1. The van der Waals surface area contributed by atoms with Gasteiger partial charge < -0.3 is 14.3 Å². The Morgan fingerprint density at radius 3 is 2.48 bits per heavy atom. The van der Waals surface area contributed by atoms with Gasteiger partial charge >= 0.3 is 5.97 Å². The van der Waals surface area contributed by atoms with Gasteiger partial charge in [-0.05, 0) is 31.2 Å². The molecule has 0 saturated heterocycles. The Kier molecular flexibility index (Phi) is 5.14. The smallest absolute Gasteiger partial charge is 0.306 e. The summed E-state index contributed by atoms with van der Waals surface area (Å²) in [5.41, 5.74) is 2.45. The number of benzene rings is 2. The fourth-order valence-electron chi connectivity index (χ4n) is 2.51. The van der Waals surface area contributed by atoms with Gasteiger partial charge in [-0.25, -0.2) is 4.98 Å². The van der Waals surface area contributed by atoms with Crippen molar-refractivity contribution < 1.29 is 19.1 Å². The van der Waals surface area contributed by atoms with Gasteiger partial charge in [0.1, 0.15) is 11.4 Å². The molecule has 0 atom stereocenters. The number of phenols is 1. The van der Waals surface area contributed by atoms with Crippen molar-refractivity contribution in [3.8, 4) is 28.3 Å². The van der Waals surface area contributed by atoms with Crippen molar-refractivity contribution in [3.05, 3.63) is 60.5 Å². The van der Waals surface area contributed by atoms with Gasteiger partial charge in [-0.2, -0.15) is 0 Å². The molecule has 0 amide bonds. The van der Waals surface area contributed by atoms with E-state index in [1.165, 1.54) is 0 Å². The molecule has 5 nitrogen and oxygen atoms in total. The number of carbonyl (C=O) groups excluding carboxylic acids is 1. The topological polar surface area (TPSA) is 72.6 Å². The van der Waals surface area contributed by atoms with E-state index in [2.05, 4.69) is 4.98 Å². The average Bonchev–Trinajstić information content (AvgIpc) is 3.06. The summed E-state index contributed by atoms with van der Waals surface area (Å²) in [6, 6.07) is 16.5. The summed E-state index contributed by atoms with van der Waals surface area (Å²) in [5, 5.41) is 9.49. The number of rotatable bonds is 6. The first kappa shape index (κ1) is 16.8. The van der Waals surface area contributed by atoms with Crippen LogP contribution < -0.4 is 0 Å². The number of aryl methyl sites for hydroxylation is 1. The van der Waals surface area contributed by atoms with Crippen LogP contribution in [-0.2, 0) is 16.0 Å². The number of ether oxygens (including phenoxy) is 1. The molecule has 0 unspecified atom stereocenters. The van der Waals surface area contributed by atoms with Crippen molar-refractivity contribution in [2.45, 2.75) is 19.8 Å². The fraction of sp³-hybridized carbons (Fsp3) is 0.200. The van der Waals surface area contributed by atoms with Gasteiger partial charge in [-0.15, -0.1) is 0 Å². The van der Waals surface area contributed by atoms with E-state index < -0.39 is 0 Å². The molecular formula is C20H19NO4. The molecule has 0 saturated carbocycles. The van der Waals surface area contributed by atoms with E-state index in [1.54, 1.807) is 31.2 Å². The Hall–Kier alpha value is -3.08. The molecule has 1 heterocycles. The molecule has 5 heteroatoms. The van der Waals surface area contributed by atoms with E-state index in [0.29, 0.717) is 30.4 Å². The number of aromatic nitrogens is 1. The standard InChI is InChI=1S/C20H19NO4/c1-2-24-18(23)13-12-17-21-19(14-6-4-3-5-7-14)20(25-17)15-8-10-16(22)11-9-15/h3-11,22H,2,12-13H2,1H3. The van der Waals surface area contributed by atoms with Gasteiger partial charge in [0.15, 0.2) is 11.7 Å². The second kappa shape index (κ2) is 7.66. The van der Waals surface area contributed by atoms with Crippen LogP contribution in [0.2, 0.25) is 0 Å².